The number of alkyl halides is 2. The molecule has 0 amide bonds. The summed E-state index contributed by atoms with van der Waals surface area (Å²) in [5, 5.41) is 9.54. The Morgan fingerprint density at radius 3 is 2.40 bits per heavy atom. The number of ketones is 1. The predicted molar refractivity (Wildman–Crippen MR) is 87.6 cm³/mol. The number of benzene rings is 2. The normalized spacial score (nSPS) is 10.9. The van der Waals surface area contributed by atoms with E-state index in [0.29, 0.717) is 11.1 Å². The molecule has 0 fully saturated rings. The summed E-state index contributed by atoms with van der Waals surface area (Å²) >= 11 is 0. The lowest BCUT2D eigenvalue weighted by Crippen LogP contribution is -2.03. The molecule has 132 valence electrons. The van der Waals surface area contributed by atoms with Crippen LogP contribution in [0.1, 0.15) is 15.9 Å². The Labute approximate surface area is 143 Å². The van der Waals surface area contributed by atoms with E-state index in [4.69, 9.17) is 9.47 Å². The number of phenols is 1. The van der Waals surface area contributed by atoms with Crippen molar-refractivity contribution in [2.75, 3.05) is 14.2 Å². The standard InChI is InChI=1S/C18H16F2O5/c1-23-16-10-12(5-7-14(16)22)13(21)6-3-11-4-8-15(25-18(19)20)17(9-11)24-2/h3-10,18,22H,1-2H3/b6-3+. The molecule has 1 N–H and O–H groups in total. The van der Waals surface area contributed by atoms with E-state index in [2.05, 4.69) is 4.74 Å². The number of carbonyl (C=O) groups is 1. The van der Waals surface area contributed by atoms with Gasteiger partial charge in [-0.3, -0.25) is 4.79 Å². The fraction of sp³-hybridized carbons (Fsp3) is 0.167. The molecule has 5 nitrogen and oxygen atoms in total. The monoisotopic (exact) mass is 350 g/mol. The third kappa shape index (κ3) is 4.69. The first-order valence-corrected chi connectivity index (χ1v) is 7.17. The van der Waals surface area contributed by atoms with Crippen LogP contribution >= 0.6 is 0 Å². The Morgan fingerprint density at radius 1 is 1.04 bits per heavy atom. The first-order valence-electron chi connectivity index (χ1n) is 7.17. The first-order chi connectivity index (χ1) is 11.9. The van der Waals surface area contributed by atoms with Gasteiger partial charge in [0.15, 0.2) is 28.8 Å². The summed E-state index contributed by atoms with van der Waals surface area (Å²) in [4.78, 5) is 12.2. The van der Waals surface area contributed by atoms with E-state index < -0.39 is 6.61 Å². The number of ether oxygens (including phenoxy) is 3. The first kappa shape index (κ1) is 18.3. The summed E-state index contributed by atoms with van der Waals surface area (Å²) in [7, 11) is 2.71. The summed E-state index contributed by atoms with van der Waals surface area (Å²) in [5.41, 5.74) is 0.896. The van der Waals surface area contributed by atoms with Crippen LogP contribution in [0.3, 0.4) is 0 Å². The number of phenolic OH excluding ortho intramolecular Hbond substituents is 1. The van der Waals surface area contributed by atoms with E-state index in [1.54, 1.807) is 0 Å². The second kappa shape index (κ2) is 8.14. The molecule has 0 radical (unpaired) electrons. The number of carbonyl (C=O) groups excluding carboxylic acids is 1. The van der Waals surface area contributed by atoms with Crippen LogP contribution in [0.2, 0.25) is 0 Å². The number of methoxy groups -OCH3 is 2. The Balaban J connectivity index is 2.19. The van der Waals surface area contributed by atoms with E-state index in [1.165, 1.54) is 62.8 Å². The van der Waals surface area contributed by atoms with Gasteiger partial charge >= 0.3 is 6.61 Å². The SMILES string of the molecule is COc1cc(C(=O)/C=C/c2ccc(OC(F)F)c(OC)c2)ccc1O. The van der Waals surface area contributed by atoms with Crippen molar-refractivity contribution < 1.29 is 32.9 Å². The molecule has 0 aliphatic heterocycles. The van der Waals surface area contributed by atoms with Crippen LogP contribution in [0.25, 0.3) is 6.08 Å². The molecule has 0 spiro atoms. The third-order valence-electron chi connectivity index (χ3n) is 3.30. The smallest absolute Gasteiger partial charge is 0.387 e. The number of halogens is 2. The molecule has 2 aromatic carbocycles. The van der Waals surface area contributed by atoms with E-state index in [-0.39, 0.29) is 28.8 Å². The van der Waals surface area contributed by atoms with Crippen LogP contribution in [0.15, 0.2) is 42.5 Å². The van der Waals surface area contributed by atoms with Gasteiger partial charge in [0.1, 0.15) is 0 Å². The second-order valence-electron chi connectivity index (χ2n) is 4.87. The average Bonchev–Trinajstić information content (AvgIpc) is 2.60. The minimum atomic E-state index is -2.96. The van der Waals surface area contributed by atoms with Crippen molar-refractivity contribution in [3.05, 3.63) is 53.6 Å². The molecule has 0 bridgehead atoms. The molecule has 0 heterocycles. The van der Waals surface area contributed by atoms with Crippen LogP contribution in [0, 0.1) is 0 Å². The molecular weight excluding hydrogens is 334 g/mol. The molecule has 0 unspecified atom stereocenters. The fourth-order valence-corrected chi connectivity index (χ4v) is 2.08. The highest BCUT2D eigenvalue weighted by Gasteiger charge is 2.11. The largest absolute Gasteiger partial charge is 0.504 e. The van der Waals surface area contributed by atoms with Gasteiger partial charge < -0.3 is 19.3 Å². The summed E-state index contributed by atoms with van der Waals surface area (Å²) in [6.07, 6.45) is 2.82. The second-order valence-corrected chi connectivity index (χ2v) is 4.87. The maximum atomic E-state index is 12.3. The number of aromatic hydroxyl groups is 1. The highest BCUT2D eigenvalue weighted by atomic mass is 19.3. The van der Waals surface area contributed by atoms with Gasteiger partial charge in [-0.15, -0.1) is 0 Å². The van der Waals surface area contributed by atoms with E-state index in [0.717, 1.165) is 0 Å². The lowest BCUT2D eigenvalue weighted by Gasteiger charge is -2.10. The number of hydrogen-bond acceptors (Lipinski definition) is 5. The lowest BCUT2D eigenvalue weighted by atomic mass is 10.1. The van der Waals surface area contributed by atoms with Gasteiger partial charge in [-0.2, -0.15) is 8.78 Å². The van der Waals surface area contributed by atoms with Gasteiger partial charge in [-0.25, -0.2) is 0 Å². The Hall–Kier alpha value is -3.09. The maximum Gasteiger partial charge on any atom is 0.387 e. The Kier molecular flexibility index (Phi) is 5.94. The van der Waals surface area contributed by atoms with Gasteiger partial charge in [0, 0.05) is 5.56 Å². The third-order valence-corrected chi connectivity index (χ3v) is 3.30. The topological polar surface area (TPSA) is 65.0 Å². The van der Waals surface area contributed by atoms with Crippen molar-refractivity contribution in [2.24, 2.45) is 0 Å². The molecule has 0 aromatic heterocycles. The summed E-state index contributed by atoms with van der Waals surface area (Å²) in [6, 6.07) is 8.56. The van der Waals surface area contributed by atoms with Gasteiger partial charge in [0.2, 0.25) is 0 Å². The molecule has 7 heteroatoms. The summed E-state index contributed by atoms with van der Waals surface area (Å²) < 4.78 is 38.9. The lowest BCUT2D eigenvalue weighted by molar-refractivity contribution is -0.0512. The molecule has 0 aliphatic carbocycles. The summed E-state index contributed by atoms with van der Waals surface area (Å²) in [5.74, 6) is -0.160. The van der Waals surface area contributed by atoms with Crippen molar-refractivity contribution in [3.63, 3.8) is 0 Å². The van der Waals surface area contributed by atoms with E-state index in [9.17, 15) is 18.7 Å². The van der Waals surface area contributed by atoms with E-state index in [1.807, 2.05) is 0 Å². The number of rotatable bonds is 7. The number of hydrogen-bond donors (Lipinski definition) is 1. The molecule has 0 atom stereocenters. The van der Waals surface area contributed by atoms with Gasteiger partial charge in [0.05, 0.1) is 14.2 Å². The molecule has 0 saturated heterocycles. The molecule has 25 heavy (non-hydrogen) atoms. The zero-order chi connectivity index (χ0) is 18.4. The highest BCUT2D eigenvalue weighted by Crippen LogP contribution is 2.30. The van der Waals surface area contributed by atoms with Crippen LogP contribution in [0.4, 0.5) is 8.78 Å². The molecule has 0 saturated carbocycles. The molecule has 0 aliphatic rings. The zero-order valence-electron chi connectivity index (χ0n) is 13.5. The van der Waals surface area contributed by atoms with Gasteiger partial charge in [-0.05, 0) is 42.0 Å². The maximum absolute atomic E-state index is 12.3. The Bertz CT molecular complexity index is 787. The average molecular weight is 350 g/mol. The minimum Gasteiger partial charge on any atom is -0.504 e. The van der Waals surface area contributed by atoms with Crippen molar-refractivity contribution in [1.29, 1.82) is 0 Å². The van der Waals surface area contributed by atoms with Crippen LogP contribution in [0.5, 0.6) is 23.0 Å². The minimum absolute atomic E-state index is 0.0672. The fourth-order valence-electron chi connectivity index (χ4n) is 2.08. The summed E-state index contributed by atoms with van der Waals surface area (Å²) in [6.45, 7) is -2.96. The van der Waals surface area contributed by atoms with Crippen LogP contribution < -0.4 is 14.2 Å². The zero-order valence-corrected chi connectivity index (χ0v) is 13.5. The Morgan fingerprint density at radius 2 is 1.76 bits per heavy atom. The molecule has 2 rings (SSSR count). The quantitative estimate of drug-likeness (QED) is 0.606. The molecular formula is C18H16F2O5. The highest BCUT2D eigenvalue weighted by molar-refractivity contribution is 6.07. The molecule has 2 aromatic rings. The van der Waals surface area contributed by atoms with Crippen molar-refractivity contribution >= 4 is 11.9 Å². The van der Waals surface area contributed by atoms with Gasteiger partial charge in [-0.1, -0.05) is 12.1 Å². The van der Waals surface area contributed by atoms with Crippen molar-refractivity contribution in [3.8, 4) is 23.0 Å². The van der Waals surface area contributed by atoms with Crippen LogP contribution in [-0.2, 0) is 0 Å². The van der Waals surface area contributed by atoms with E-state index >= 15 is 0 Å². The van der Waals surface area contributed by atoms with Crippen molar-refractivity contribution in [2.45, 2.75) is 6.61 Å². The van der Waals surface area contributed by atoms with Crippen molar-refractivity contribution in [1.82, 2.24) is 0 Å². The van der Waals surface area contributed by atoms with Crippen LogP contribution in [-0.4, -0.2) is 31.7 Å². The predicted octanol–water partition coefficient (Wildman–Crippen LogP) is 3.91. The number of allylic oxidation sites excluding steroid dienone is 1. The van der Waals surface area contributed by atoms with Gasteiger partial charge in [0.25, 0.3) is 0 Å².